The Morgan fingerprint density at radius 3 is 2.57 bits per heavy atom. The first-order valence-corrected chi connectivity index (χ1v) is 5.67. The lowest BCUT2D eigenvalue weighted by Gasteiger charge is -2.36. The molecule has 0 aromatic heterocycles. The van der Waals surface area contributed by atoms with Crippen LogP contribution in [0, 0.1) is 5.41 Å². The number of nitrogens with one attached hydrogen (secondary N) is 1. The molecule has 1 N–H and O–H groups in total. The van der Waals surface area contributed by atoms with Crippen LogP contribution in [0.4, 0.5) is 0 Å². The van der Waals surface area contributed by atoms with Crippen molar-refractivity contribution in [1.82, 2.24) is 10.2 Å². The van der Waals surface area contributed by atoms with Gasteiger partial charge in [0.05, 0.1) is 0 Å². The Balaban J connectivity index is 0.000000461. The number of carbonyl (C=O) groups is 1. The second kappa shape index (κ2) is 4.78. The van der Waals surface area contributed by atoms with Gasteiger partial charge in [-0.25, -0.2) is 0 Å². The maximum absolute atomic E-state index is 11.5. The molecule has 1 spiro atoms. The third kappa shape index (κ3) is 2.27. The fourth-order valence-corrected chi connectivity index (χ4v) is 2.23. The van der Waals surface area contributed by atoms with Crippen LogP contribution < -0.4 is 5.32 Å². The molecule has 0 saturated carbocycles. The predicted octanol–water partition coefficient (Wildman–Crippen LogP) is 1.24. The molecular weight excluding hydrogens is 176 g/mol. The molecule has 0 radical (unpaired) electrons. The third-order valence-electron chi connectivity index (χ3n) is 3.26. The summed E-state index contributed by atoms with van der Waals surface area (Å²) in [4.78, 5) is 13.3. The Kier molecular flexibility index (Phi) is 3.93. The Bertz CT molecular complexity index is 197. The van der Waals surface area contributed by atoms with Crippen molar-refractivity contribution in [1.29, 1.82) is 0 Å². The van der Waals surface area contributed by atoms with Gasteiger partial charge in [-0.15, -0.1) is 0 Å². The van der Waals surface area contributed by atoms with E-state index in [9.17, 15) is 4.79 Å². The van der Waals surface area contributed by atoms with E-state index in [-0.39, 0.29) is 0 Å². The minimum absolute atomic E-state index is 0.323. The number of hydrogen-bond acceptors (Lipinski definition) is 2. The molecule has 1 atom stereocenters. The molecule has 2 fully saturated rings. The van der Waals surface area contributed by atoms with Gasteiger partial charge < -0.3 is 10.2 Å². The van der Waals surface area contributed by atoms with E-state index in [0.29, 0.717) is 11.3 Å². The van der Waals surface area contributed by atoms with E-state index in [1.165, 1.54) is 12.8 Å². The Morgan fingerprint density at radius 2 is 2.07 bits per heavy atom. The average Bonchev–Trinajstić information content (AvgIpc) is 2.65. The van der Waals surface area contributed by atoms with Gasteiger partial charge in [0, 0.05) is 26.6 Å². The fraction of sp³-hybridized carbons (Fsp3) is 0.909. The molecular formula is C11H22N2O. The topological polar surface area (TPSA) is 32.3 Å². The lowest BCUT2D eigenvalue weighted by molar-refractivity contribution is -0.135. The minimum Gasteiger partial charge on any atom is -0.346 e. The molecule has 14 heavy (non-hydrogen) atoms. The lowest BCUT2D eigenvalue weighted by atomic mass is 9.77. The molecule has 0 bridgehead atoms. The molecule has 0 aliphatic carbocycles. The summed E-state index contributed by atoms with van der Waals surface area (Å²) in [5, 5.41) is 3.35. The van der Waals surface area contributed by atoms with E-state index in [1.807, 2.05) is 25.8 Å². The quantitative estimate of drug-likeness (QED) is 0.635. The van der Waals surface area contributed by atoms with Crippen LogP contribution in [0.25, 0.3) is 0 Å². The zero-order chi connectivity index (χ0) is 10.6. The fourth-order valence-electron chi connectivity index (χ4n) is 2.23. The summed E-state index contributed by atoms with van der Waals surface area (Å²) in [7, 11) is 1.90. The van der Waals surface area contributed by atoms with Gasteiger partial charge >= 0.3 is 0 Å². The van der Waals surface area contributed by atoms with Gasteiger partial charge in [-0.05, 0) is 24.8 Å². The number of amides is 1. The van der Waals surface area contributed by atoms with Crippen LogP contribution in [0.3, 0.4) is 0 Å². The molecule has 1 amide bonds. The molecule has 0 aromatic carbocycles. The van der Waals surface area contributed by atoms with Gasteiger partial charge in [-0.2, -0.15) is 0 Å². The largest absolute Gasteiger partial charge is 0.346 e. The van der Waals surface area contributed by atoms with Crippen molar-refractivity contribution in [2.75, 3.05) is 26.7 Å². The van der Waals surface area contributed by atoms with E-state index in [2.05, 4.69) is 5.32 Å². The van der Waals surface area contributed by atoms with Crippen LogP contribution in [0.1, 0.15) is 33.1 Å². The maximum Gasteiger partial charge on any atom is 0.222 e. The third-order valence-corrected chi connectivity index (χ3v) is 3.26. The molecule has 3 heteroatoms. The highest BCUT2D eigenvalue weighted by Crippen LogP contribution is 2.36. The SMILES string of the molecule is CC.CN1CCC2(CCNC2)CC1=O. The van der Waals surface area contributed by atoms with Crippen LogP contribution >= 0.6 is 0 Å². The Labute approximate surface area is 86.9 Å². The zero-order valence-corrected chi connectivity index (χ0v) is 9.60. The second-order valence-electron chi connectivity index (χ2n) is 4.17. The van der Waals surface area contributed by atoms with Gasteiger partial charge in [0.2, 0.25) is 5.91 Å². The second-order valence-corrected chi connectivity index (χ2v) is 4.17. The first-order chi connectivity index (χ1) is 6.72. The Hall–Kier alpha value is -0.570. The molecule has 2 saturated heterocycles. The predicted molar refractivity (Wildman–Crippen MR) is 58.1 cm³/mol. The summed E-state index contributed by atoms with van der Waals surface area (Å²) in [5.41, 5.74) is 0.323. The Morgan fingerprint density at radius 1 is 1.36 bits per heavy atom. The van der Waals surface area contributed by atoms with Crippen molar-refractivity contribution in [3.8, 4) is 0 Å². The molecule has 2 rings (SSSR count). The summed E-state index contributed by atoms with van der Waals surface area (Å²) in [6.07, 6.45) is 3.13. The summed E-state index contributed by atoms with van der Waals surface area (Å²) in [6.45, 7) is 7.09. The smallest absolute Gasteiger partial charge is 0.222 e. The van der Waals surface area contributed by atoms with Gasteiger partial charge in [-0.1, -0.05) is 13.8 Å². The van der Waals surface area contributed by atoms with Crippen LogP contribution in [0.5, 0.6) is 0 Å². The highest BCUT2D eigenvalue weighted by Gasteiger charge is 2.39. The monoisotopic (exact) mass is 198 g/mol. The van der Waals surface area contributed by atoms with Gasteiger partial charge in [0.15, 0.2) is 0 Å². The van der Waals surface area contributed by atoms with Crippen LogP contribution in [0.2, 0.25) is 0 Å². The van der Waals surface area contributed by atoms with Crippen molar-refractivity contribution >= 4 is 5.91 Å². The van der Waals surface area contributed by atoms with Crippen molar-refractivity contribution in [2.24, 2.45) is 5.41 Å². The average molecular weight is 198 g/mol. The normalized spacial score (nSPS) is 31.6. The molecule has 2 aliphatic heterocycles. The molecule has 0 aromatic rings. The van der Waals surface area contributed by atoms with Gasteiger partial charge in [0.25, 0.3) is 0 Å². The summed E-state index contributed by atoms with van der Waals surface area (Å²) in [6, 6.07) is 0. The first kappa shape index (κ1) is 11.5. The van der Waals surface area contributed by atoms with E-state index < -0.39 is 0 Å². The number of carbonyl (C=O) groups excluding carboxylic acids is 1. The van der Waals surface area contributed by atoms with Crippen molar-refractivity contribution < 1.29 is 4.79 Å². The number of hydrogen-bond donors (Lipinski definition) is 1. The maximum atomic E-state index is 11.5. The van der Waals surface area contributed by atoms with Crippen LogP contribution in [0.15, 0.2) is 0 Å². The molecule has 2 aliphatic rings. The number of nitrogens with zero attached hydrogens (tertiary/aromatic N) is 1. The first-order valence-electron chi connectivity index (χ1n) is 5.67. The standard InChI is InChI=1S/C9H16N2O.C2H6/c1-11-5-3-9(6-8(11)12)2-4-10-7-9;1-2/h10H,2-7H2,1H3;1-2H3. The van der Waals surface area contributed by atoms with Gasteiger partial charge in [0.1, 0.15) is 0 Å². The zero-order valence-electron chi connectivity index (χ0n) is 9.60. The van der Waals surface area contributed by atoms with Crippen molar-refractivity contribution in [2.45, 2.75) is 33.1 Å². The molecule has 1 unspecified atom stereocenters. The summed E-state index contributed by atoms with van der Waals surface area (Å²) in [5.74, 6) is 0.324. The summed E-state index contributed by atoms with van der Waals surface area (Å²) < 4.78 is 0. The van der Waals surface area contributed by atoms with E-state index in [0.717, 1.165) is 26.1 Å². The molecule has 2 heterocycles. The number of likely N-dealkylation sites (tertiary alicyclic amines) is 1. The summed E-state index contributed by atoms with van der Waals surface area (Å²) >= 11 is 0. The van der Waals surface area contributed by atoms with Crippen molar-refractivity contribution in [3.63, 3.8) is 0 Å². The lowest BCUT2D eigenvalue weighted by Crippen LogP contribution is -2.42. The number of rotatable bonds is 0. The van der Waals surface area contributed by atoms with Crippen LogP contribution in [-0.4, -0.2) is 37.5 Å². The van der Waals surface area contributed by atoms with Crippen molar-refractivity contribution in [3.05, 3.63) is 0 Å². The minimum atomic E-state index is 0.323. The van der Waals surface area contributed by atoms with Crippen LogP contribution in [-0.2, 0) is 4.79 Å². The van der Waals surface area contributed by atoms with E-state index in [4.69, 9.17) is 0 Å². The highest BCUT2D eigenvalue weighted by molar-refractivity contribution is 5.77. The van der Waals surface area contributed by atoms with Gasteiger partial charge in [-0.3, -0.25) is 4.79 Å². The number of piperidine rings is 1. The molecule has 82 valence electrons. The van der Waals surface area contributed by atoms with E-state index >= 15 is 0 Å². The highest BCUT2D eigenvalue weighted by atomic mass is 16.2. The molecule has 3 nitrogen and oxygen atoms in total. The van der Waals surface area contributed by atoms with E-state index in [1.54, 1.807) is 0 Å².